The van der Waals surface area contributed by atoms with Crippen LogP contribution in [-0.4, -0.2) is 35.4 Å². The summed E-state index contributed by atoms with van der Waals surface area (Å²) in [4.78, 5) is 16.9. The Bertz CT molecular complexity index is 1180. The van der Waals surface area contributed by atoms with Crippen LogP contribution in [0.5, 0.6) is 0 Å². The van der Waals surface area contributed by atoms with Gasteiger partial charge in [-0.1, -0.05) is 23.2 Å². The minimum absolute atomic E-state index is 0.0431. The Morgan fingerprint density at radius 2 is 1.89 bits per heavy atom. The monoisotopic (exact) mass is 427 g/mol. The normalized spacial score (nSPS) is 15.6. The van der Waals surface area contributed by atoms with Crippen molar-refractivity contribution >= 4 is 44.1 Å². The Labute approximate surface area is 165 Å². The predicted molar refractivity (Wildman–Crippen MR) is 102 cm³/mol. The highest BCUT2D eigenvalue weighted by Gasteiger charge is 2.30. The number of hydrogen-bond donors (Lipinski definition) is 0. The fourth-order valence-corrected chi connectivity index (χ4v) is 5.10. The van der Waals surface area contributed by atoms with E-state index >= 15 is 0 Å². The van der Waals surface area contributed by atoms with Gasteiger partial charge >= 0.3 is 0 Å². The van der Waals surface area contributed by atoms with Crippen LogP contribution in [0.15, 0.2) is 44.9 Å². The third kappa shape index (κ3) is 3.38. The van der Waals surface area contributed by atoms with Crippen molar-refractivity contribution in [2.75, 3.05) is 13.1 Å². The smallest absolute Gasteiger partial charge is 0.276 e. The largest absolute Gasteiger partial charge is 0.446 e. The average molecular weight is 428 g/mol. The van der Waals surface area contributed by atoms with Crippen LogP contribution in [0, 0.1) is 0 Å². The number of benzene rings is 1. The van der Waals surface area contributed by atoms with Gasteiger partial charge in [-0.25, -0.2) is 13.4 Å². The van der Waals surface area contributed by atoms with E-state index in [2.05, 4.69) is 4.98 Å². The van der Waals surface area contributed by atoms with Crippen LogP contribution in [-0.2, 0) is 16.6 Å². The minimum Gasteiger partial charge on any atom is -0.446 e. The second-order valence-corrected chi connectivity index (χ2v) is 9.01. The summed E-state index contributed by atoms with van der Waals surface area (Å²) in [7, 11) is -3.64. The van der Waals surface area contributed by atoms with Gasteiger partial charge in [0, 0.05) is 18.1 Å². The quantitative estimate of drug-likeness (QED) is 0.638. The average Bonchev–Trinajstić information content (AvgIpc) is 3.30. The summed E-state index contributed by atoms with van der Waals surface area (Å²) < 4.78 is 33.3. The van der Waals surface area contributed by atoms with Crippen molar-refractivity contribution in [2.45, 2.75) is 24.5 Å². The number of halogens is 2. The van der Waals surface area contributed by atoms with E-state index in [1.807, 2.05) is 0 Å². The molecule has 0 spiro atoms. The highest BCUT2D eigenvalue weighted by Crippen LogP contribution is 2.25. The molecule has 3 heterocycles. The molecule has 4 rings (SSSR count). The summed E-state index contributed by atoms with van der Waals surface area (Å²) in [6.45, 7) is 1.03. The van der Waals surface area contributed by atoms with Gasteiger partial charge in [-0.2, -0.15) is 4.31 Å². The molecule has 7 nitrogen and oxygen atoms in total. The van der Waals surface area contributed by atoms with Crippen LogP contribution < -0.4 is 5.56 Å². The van der Waals surface area contributed by atoms with Crippen molar-refractivity contribution in [1.82, 2.24) is 13.9 Å². The second-order valence-electron chi connectivity index (χ2n) is 6.29. The van der Waals surface area contributed by atoms with Gasteiger partial charge in [-0.15, -0.1) is 0 Å². The van der Waals surface area contributed by atoms with Crippen LogP contribution in [0.1, 0.15) is 18.6 Å². The standard InChI is InChI=1S/C17H15Cl2N3O4S/c18-11-7-13-16(14(19)8-11)20-10-21(17(13)23)9-12-3-4-15(26-12)27(24,25)22-5-1-2-6-22/h3-4,7-8,10H,1-2,5-6,9H2. The van der Waals surface area contributed by atoms with Crippen molar-refractivity contribution in [3.63, 3.8) is 0 Å². The molecule has 0 amide bonds. The van der Waals surface area contributed by atoms with Crippen molar-refractivity contribution in [2.24, 2.45) is 0 Å². The zero-order chi connectivity index (χ0) is 19.2. The number of nitrogens with zero attached hydrogens (tertiary/aromatic N) is 3. The molecule has 0 unspecified atom stereocenters. The molecule has 0 atom stereocenters. The van der Waals surface area contributed by atoms with E-state index in [4.69, 9.17) is 27.6 Å². The van der Waals surface area contributed by atoms with Crippen LogP contribution in [0.4, 0.5) is 0 Å². The Balaban J connectivity index is 1.67. The third-order valence-corrected chi connectivity index (χ3v) is 6.75. The molecule has 1 aromatic carbocycles. The van der Waals surface area contributed by atoms with Crippen molar-refractivity contribution < 1.29 is 12.8 Å². The summed E-state index contributed by atoms with van der Waals surface area (Å²) in [5.74, 6) is 0.337. The summed E-state index contributed by atoms with van der Waals surface area (Å²) >= 11 is 12.1. The number of fused-ring (bicyclic) bond motifs is 1. The second kappa shape index (κ2) is 6.94. The summed E-state index contributed by atoms with van der Waals surface area (Å²) in [5.41, 5.74) is 0.0174. The van der Waals surface area contributed by atoms with Crippen molar-refractivity contribution in [3.05, 3.63) is 56.8 Å². The maximum absolute atomic E-state index is 12.7. The van der Waals surface area contributed by atoms with Gasteiger partial charge in [0.05, 0.1) is 28.8 Å². The molecule has 0 saturated carbocycles. The molecule has 142 valence electrons. The van der Waals surface area contributed by atoms with E-state index in [1.165, 1.54) is 33.4 Å². The molecule has 1 saturated heterocycles. The molecule has 0 N–H and O–H groups in total. The first-order chi connectivity index (χ1) is 12.9. The van der Waals surface area contributed by atoms with Crippen LogP contribution >= 0.6 is 23.2 Å². The molecule has 0 radical (unpaired) electrons. The predicted octanol–water partition coefficient (Wildman–Crippen LogP) is 3.13. The van der Waals surface area contributed by atoms with Gasteiger partial charge in [0.15, 0.2) is 0 Å². The number of aromatic nitrogens is 2. The molecule has 2 aromatic heterocycles. The molecular weight excluding hydrogens is 413 g/mol. The Morgan fingerprint density at radius 1 is 1.15 bits per heavy atom. The Kier molecular flexibility index (Phi) is 4.75. The number of sulfonamides is 1. The molecule has 27 heavy (non-hydrogen) atoms. The minimum atomic E-state index is -3.64. The first kappa shape index (κ1) is 18.5. The number of furan rings is 1. The van der Waals surface area contributed by atoms with Crippen LogP contribution in [0.3, 0.4) is 0 Å². The zero-order valence-electron chi connectivity index (χ0n) is 14.1. The van der Waals surface area contributed by atoms with E-state index in [0.717, 1.165) is 12.8 Å². The molecule has 3 aromatic rings. The molecule has 0 bridgehead atoms. The molecule has 1 aliphatic rings. The summed E-state index contributed by atoms with van der Waals surface area (Å²) in [6, 6.07) is 5.98. The van der Waals surface area contributed by atoms with Crippen LogP contribution in [0.25, 0.3) is 10.9 Å². The number of hydrogen-bond acceptors (Lipinski definition) is 5. The number of rotatable bonds is 4. The molecule has 10 heteroatoms. The SMILES string of the molecule is O=c1c2cc(Cl)cc(Cl)c2ncn1Cc1ccc(S(=O)(=O)N2CCCC2)o1. The van der Waals surface area contributed by atoms with Gasteiger partial charge in [-0.05, 0) is 37.1 Å². The lowest BCUT2D eigenvalue weighted by molar-refractivity contribution is 0.383. The fraction of sp³-hybridized carbons (Fsp3) is 0.294. The lowest BCUT2D eigenvalue weighted by Gasteiger charge is -2.12. The molecule has 0 aliphatic carbocycles. The zero-order valence-corrected chi connectivity index (χ0v) is 16.4. The summed E-state index contributed by atoms with van der Waals surface area (Å²) in [6.07, 6.45) is 3.04. The van der Waals surface area contributed by atoms with Crippen molar-refractivity contribution in [1.29, 1.82) is 0 Å². The first-order valence-electron chi connectivity index (χ1n) is 8.29. The van der Waals surface area contributed by atoms with E-state index in [0.29, 0.717) is 34.4 Å². The summed E-state index contributed by atoms with van der Waals surface area (Å²) in [5, 5.41) is 0.790. The Morgan fingerprint density at radius 3 is 2.63 bits per heavy atom. The van der Waals surface area contributed by atoms with E-state index < -0.39 is 10.0 Å². The Hall–Kier alpha value is -1.87. The lowest BCUT2D eigenvalue weighted by Crippen LogP contribution is -2.27. The fourth-order valence-electron chi connectivity index (χ4n) is 3.11. The van der Waals surface area contributed by atoms with E-state index in [-0.39, 0.29) is 22.6 Å². The van der Waals surface area contributed by atoms with E-state index in [9.17, 15) is 13.2 Å². The van der Waals surface area contributed by atoms with E-state index in [1.54, 1.807) is 6.07 Å². The molecule has 1 fully saturated rings. The van der Waals surface area contributed by atoms with Crippen LogP contribution in [0.2, 0.25) is 10.0 Å². The van der Waals surface area contributed by atoms with Gasteiger partial charge < -0.3 is 4.42 Å². The molecule has 1 aliphatic heterocycles. The van der Waals surface area contributed by atoms with Gasteiger partial charge in [-0.3, -0.25) is 9.36 Å². The highest BCUT2D eigenvalue weighted by atomic mass is 35.5. The topological polar surface area (TPSA) is 85.4 Å². The van der Waals surface area contributed by atoms with Gasteiger partial charge in [0.1, 0.15) is 5.76 Å². The third-order valence-electron chi connectivity index (χ3n) is 4.47. The maximum atomic E-state index is 12.7. The van der Waals surface area contributed by atoms with Crippen molar-refractivity contribution in [3.8, 4) is 0 Å². The maximum Gasteiger partial charge on any atom is 0.276 e. The van der Waals surface area contributed by atoms with Gasteiger partial charge in [0.2, 0.25) is 5.09 Å². The molecular formula is C17H15Cl2N3O4S. The first-order valence-corrected chi connectivity index (χ1v) is 10.5. The van der Waals surface area contributed by atoms with Gasteiger partial charge in [0.25, 0.3) is 15.6 Å². The lowest BCUT2D eigenvalue weighted by atomic mass is 10.2. The highest BCUT2D eigenvalue weighted by molar-refractivity contribution is 7.89.